The molecule has 0 radical (unpaired) electrons. The minimum atomic E-state index is -0.209. The Morgan fingerprint density at radius 3 is 2.67 bits per heavy atom. The number of hydrogen-bond acceptors (Lipinski definition) is 2. The van der Waals surface area contributed by atoms with Gasteiger partial charge in [0.05, 0.1) is 5.69 Å². The molecule has 94 valence electrons. The van der Waals surface area contributed by atoms with Crippen molar-refractivity contribution in [3.8, 4) is 11.3 Å². The monoisotopic (exact) mass is 308 g/mol. The zero-order valence-corrected chi connectivity index (χ0v) is 12.0. The van der Waals surface area contributed by atoms with E-state index in [1.807, 2.05) is 12.1 Å². The number of rotatable bonds is 3. The molecule has 1 aromatic heterocycles. The van der Waals surface area contributed by atoms with E-state index in [4.69, 9.17) is 0 Å². The highest BCUT2D eigenvalue weighted by Gasteiger charge is 2.07. The van der Waals surface area contributed by atoms with Crippen molar-refractivity contribution in [3.05, 3.63) is 46.1 Å². The largest absolute Gasteiger partial charge is 0.233 e. The van der Waals surface area contributed by atoms with Gasteiger partial charge in [-0.25, -0.2) is 14.4 Å². The first-order valence-electron chi connectivity index (χ1n) is 5.90. The summed E-state index contributed by atoms with van der Waals surface area (Å²) in [4.78, 5) is 8.76. The highest BCUT2D eigenvalue weighted by atomic mass is 79.9. The summed E-state index contributed by atoms with van der Waals surface area (Å²) in [5.41, 5.74) is 2.17. The van der Waals surface area contributed by atoms with E-state index in [1.54, 1.807) is 13.0 Å². The second-order valence-corrected chi connectivity index (χ2v) is 5.02. The van der Waals surface area contributed by atoms with Gasteiger partial charge in [0.15, 0.2) is 0 Å². The maximum Gasteiger partial charge on any atom is 0.130 e. The van der Waals surface area contributed by atoms with Gasteiger partial charge >= 0.3 is 0 Å². The molecule has 1 heterocycles. The molecule has 2 nitrogen and oxygen atoms in total. The van der Waals surface area contributed by atoms with E-state index in [0.717, 1.165) is 34.5 Å². The predicted molar refractivity (Wildman–Crippen MR) is 73.9 cm³/mol. The lowest BCUT2D eigenvalue weighted by Gasteiger charge is -2.06. The van der Waals surface area contributed by atoms with Crippen LogP contribution in [0.25, 0.3) is 11.3 Å². The first-order chi connectivity index (χ1) is 8.60. The highest BCUT2D eigenvalue weighted by Crippen LogP contribution is 2.22. The van der Waals surface area contributed by atoms with Crippen LogP contribution < -0.4 is 0 Å². The number of nitrogens with zero attached hydrogens (tertiary/aromatic N) is 2. The molecule has 0 aliphatic heterocycles. The molecule has 2 rings (SSSR count). The van der Waals surface area contributed by atoms with Crippen LogP contribution in [0.1, 0.15) is 24.7 Å². The van der Waals surface area contributed by atoms with Crippen molar-refractivity contribution in [2.75, 3.05) is 0 Å². The van der Waals surface area contributed by atoms with E-state index in [2.05, 4.69) is 32.8 Å². The van der Waals surface area contributed by atoms with Gasteiger partial charge < -0.3 is 0 Å². The van der Waals surface area contributed by atoms with Crippen molar-refractivity contribution in [2.24, 2.45) is 0 Å². The van der Waals surface area contributed by atoms with E-state index in [-0.39, 0.29) is 5.82 Å². The van der Waals surface area contributed by atoms with E-state index in [0.29, 0.717) is 5.56 Å². The molecular weight excluding hydrogens is 295 g/mol. The van der Waals surface area contributed by atoms with Gasteiger partial charge in [-0.05, 0) is 47.0 Å². The number of benzene rings is 1. The number of aromatic nitrogens is 2. The van der Waals surface area contributed by atoms with E-state index in [9.17, 15) is 4.39 Å². The molecule has 0 saturated heterocycles. The Balaban J connectivity index is 2.46. The molecule has 0 bridgehead atoms. The minimum absolute atomic E-state index is 0.209. The van der Waals surface area contributed by atoms with Gasteiger partial charge in [0.25, 0.3) is 0 Å². The van der Waals surface area contributed by atoms with Crippen LogP contribution in [0.3, 0.4) is 0 Å². The second kappa shape index (κ2) is 5.57. The Morgan fingerprint density at radius 2 is 2.00 bits per heavy atom. The molecule has 0 amide bonds. The van der Waals surface area contributed by atoms with Gasteiger partial charge in [-0.15, -0.1) is 0 Å². The molecule has 0 fully saturated rings. The van der Waals surface area contributed by atoms with Crippen molar-refractivity contribution < 1.29 is 4.39 Å². The molecule has 0 N–H and O–H groups in total. The predicted octanol–water partition coefficient (Wildman–Crippen LogP) is 4.31. The van der Waals surface area contributed by atoms with Crippen molar-refractivity contribution in [1.29, 1.82) is 0 Å². The van der Waals surface area contributed by atoms with Crippen LogP contribution in [-0.4, -0.2) is 9.97 Å². The summed E-state index contributed by atoms with van der Waals surface area (Å²) >= 11 is 3.37. The van der Waals surface area contributed by atoms with Gasteiger partial charge in [-0.1, -0.05) is 19.1 Å². The van der Waals surface area contributed by atoms with Crippen LogP contribution in [0.4, 0.5) is 4.39 Å². The van der Waals surface area contributed by atoms with Crippen LogP contribution in [0.5, 0.6) is 0 Å². The average Bonchev–Trinajstić information content (AvgIpc) is 2.32. The van der Waals surface area contributed by atoms with Crippen molar-refractivity contribution in [1.82, 2.24) is 9.97 Å². The Hall–Kier alpha value is -1.29. The third kappa shape index (κ3) is 2.93. The Bertz CT molecular complexity index is 570. The fourth-order valence-electron chi connectivity index (χ4n) is 1.70. The number of halogens is 2. The van der Waals surface area contributed by atoms with Gasteiger partial charge in [0.2, 0.25) is 0 Å². The lowest BCUT2D eigenvalue weighted by molar-refractivity contribution is 0.619. The minimum Gasteiger partial charge on any atom is -0.233 e. The van der Waals surface area contributed by atoms with Crippen molar-refractivity contribution >= 4 is 15.9 Å². The molecule has 1 aromatic carbocycles. The van der Waals surface area contributed by atoms with Gasteiger partial charge in [0, 0.05) is 12.0 Å². The average molecular weight is 309 g/mol. The molecule has 0 spiro atoms. The van der Waals surface area contributed by atoms with E-state index in [1.165, 1.54) is 6.07 Å². The highest BCUT2D eigenvalue weighted by molar-refractivity contribution is 9.10. The zero-order valence-electron chi connectivity index (χ0n) is 10.4. The maximum atomic E-state index is 13.6. The lowest BCUT2D eigenvalue weighted by atomic mass is 10.1. The maximum absolute atomic E-state index is 13.6. The summed E-state index contributed by atoms with van der Waals surface area (Å²) in [5.74, 6) is 0.571. The van der Waals surface area contributed by atoms with Crippen molar-refractivity contribution in [3.63, 3.8) is 0 Å². The molecule has 0 atom stereocenters. The third-order valence-electron chi connectivity index (χ3n) is 2.68. The summed E-state index contributed by atoms with van der Waals surface area (Å²) in [5, 5.41) is 0. The summed E-state index contributed by atoms with van der Waals surface area (Å²) in [6, 6.07) is 6.96. The second-order valence-electron chi connectivity index (χ2n) is 4.21. The van der Waals surface area contributed by atoms with Gasteiger partial charge in [-0.3, -0.25) is 0 Å². The van der Waals surface area contributed by atoms with Crippen LogP contribution in [-0.2, 0) is 6.42 Å². The summed E-state index contributed by atoms with van der Waals surface area (Å²) in [6.45, 7) is 3.83. The smallest absolute Gasteiger partial charge is 0.130 e. The Kier molecular flexibility index (Phi) is 4.07. The molecule has 0 unspecified atom stereocenters. The molecule has 0 aliphatic rings. The van der Waals surface area contributed by atoms with Crippen LogP contribution in [0.2, 0.25) is 0 Å². The van der Waals surface area contributed by atoms with Crippen LogP contribution >= 0.6 is 15.9 Å². The zero-order chi connectivity index (χ0) is 13.1. The first-order valence-corrected chi connectivity index (χ1v) is 6.69. The quantitative estimate of drug-likeness (QED) is 0.790. The molecule has 0 saturated carbocycles. The molecular formula is C14H14BrFN2. The van der Waals surface area contributed by atoms with Crippen LogP contribution in [0, 0.1) is 12.7 Å². The normalized spacial score (nSPS) is 10.7. The third-order valence-corrected chi connectivity index (χ3v) is 3.09. The van der Waals surface area contributed by atoms with Gasteiger partial charge in [-0.2, -0.15) is 0 Å². The summed E-state index contributed by atoms with van der Waals surface area (Å²) in [6.07, 6.45) is 1.80. The summed E-state index contributed by atoms with van der Waals surface area (Å²) < 4.78 is 14.3. The standard InChI is InChI=1S/C14H14BrFN2/c1-3-4-14-17-12(8-13(15)18-14)10-6-5-9(2)11(16)7-10/h5-8H,3-4H2,1-2H3. The molecule has 18 heavy (non-hydrogen) atoms. The topological polar surface area (TPSA) is 25.8 Å². The summed E-state index contributed by atoms with van der Waals surface area (Å²) in [7, 11) is 0. The van der Waals surface area contributed by atoms with Gasteiger partial charge in [0.1, 0.15) is 16.2 Å². The first kappa shape index (κ1) is 13.1. The number of hydrogen-bond donors (Lipinski definition) is 0. The molecule has 4 heteroatoms. The fraction of sp³-hybridized carbons (Fsp3) is 0.286. The SMILES string of the molecule is CCCc1nc(Br)cc(-c2ccc(C)c(F)c2)n1. The van der Waals surface area contributed by atoms with E-state index < -0.39 is 0 Å². The number of aryl methyl sites for hydroxylation is 2. The van der Waals surface area contributed by atoms with E-state index >= 15 is 0 Å². The molecule has 0 aliphatic carbocycles. The molecule has 2 aromatic rings. The lowest BCUT2D eigenvalue weighted by Crippen LogP contribution is -1.97. The van der Waals surface area contributed by atoms with Crippen LogP contribution in [0.15, 0.2) is 28.9 Å². The Labute approximate surface area is 114 Å². The van der Waals surface area contributed by atoms with Crippen molar-refractivity contribution in [2.45, 2.75) is 26.7 Å². The fourth-order valence-corrected chi connectivity index (χ4v) is 2.12. The Morgan fingerprint density at radius 1 is 1.22 bits per heavy atom.